The Bertz CT molecular complexity index is 740. The van der Waals surface area contributed by atoms with Crippen LogP contribution in [0, 0.1) is 0 Å². The van der Waals surface area contributed by atoms with E-state index < -0.39 is 0 Å². The number of furan rings is 1. The Morgan fingerprint density at radius 3 is 2.56 bits per heavy atom. The number of carbonyl (C=O) groups excluding carboxylic acids is 2. The zero-order valence-corrected chi connectivity index (χ0v) is 14.7. The zero-order valence-electron chi connectivity index (χ0n) is 13.9. The average molecular weight is 362 g/mol. The second-order valence-corrected chi connectivity index (χ2v) is 6.42. The predicted octanol–water partition coefficient (Wildman–Crippen LogP) is 2.72. The molecule has 1 N–H and O–H groups in total. The number of benzene rings is 1. The second-order valence-electron chi connectivity index (χ2n) is 5.98. The number of piperazine rings is 1. The van der Waals surface area contributed by atoms with Crippen molar-refractivity contribution in [2.45, 2.75) is 13.0 Å². The average Bonchev–Trinajstić information content (AvgIpc) is 3.15. The van der Waals surface area contributed by atoms with E-state index in [2.05, 4.69) is 10.2 Å². The molecule has 2 aromatic rings. The van der Waals surface area contributed by atoms with Crippen LogP contribution in [-0.2, 0) is 4.79 Å². The number of nitrogens with one attached hydrogen (secondary N) is 1. The van der Waals surface area contributed by atoms with E-state index in [0.717, 1.165) is 0 Å². The first-order valence-corrected chi connectivity index (χ1v) is 8.55. The monoisotopic (exact) mass is 361 g/mol. The van der Waals surface area contributed by atoms with Gasteiger partial charge in [0.15, 0.2) is 5.76 Å². The number of nitrogens with zero attached hydrogens (tertiary/aromatic N) is 2. The number of hydrogen-bond donors (Lipinski definition) is 1. The molecule has 0 unspecified atom stereocenters. The standard InChI is InChI=1S/C18H20ClN3O3/c1-13(17(23)20-15-5-2-4-14(19)12-15)21-7-9-22(10-8-21)18(24)16-6-3-11-25-16/h2-6,11-13H,7-10H2,1H3,(H,20,23)/t13-/m0/s1. The predicted molar refractivity (Wildman–Crippen MR) is 95.7 cm³/mol. The van der Waals surface area contributed by atoms with Crippen molar-refractivity contribution in [3.05, 3.63) is 53.4 Å². The van der Waals surface area contributed by atoms with E-state index in [-0.39, 0.29) is 17.9 Å². The van der Waals surface area contributed by atoms with Crippen LogP contribution in [0.4, 0.5) is 5.69 Å². The van der Waals surface area contributed by atoms with Gasteiger partial charge in [0.05, 0.1) is 12.3 Å². The maximum atomic E-state index is 12.4. The fraction of sp³-hybridized carbons (Fsp3) is 0.333. The van der Waals surface area contributed by atoms with Crippen molar-refractivity contribution < 1.29 is 14.0 Å². The number of carbonyl (C=O) groups is 2. The lowest BCUT2D eigenvalue weighted by molar-refractivity contribution is -0.121. The fourth-order valence-corrected chi connectivity index (χ4v) is 3.04. The van der Waals surface area contributed by atoms with Crippen LogP contribution >= 0.6 is 11.6 Å². The van der Waals surface area contributed by atoms with Gasteiger partial charge in [-0.15, -0.1) is 0 Å². The van der Waals surface area contributed by atoms with Crippen LogP contribution in [0.15, 0.2) is 47.1 Å². The Balaban J connectivity index is 1.53. The summed E-state index contributed by atoms with van der Waals surface area (Å²) in [4.78, 5) is 28.5. The summed E-state index contributed by atoms with van der Waals surface area (Å²) in [6, 6.07) is 10.1. The molecule has 1 saturated heterocycles. The second kappa shape index (κ2) is 7.72. The van der Waals surface area contributed by atoms with E-state index in [1.807, 2.05) is 6.92 Å². The van der Waals surface area contributed by atoms with Crippen LogP contribution in [0.1, 0.15) is 17.5 Å². The number of rotatable bonds is 4. The molecule has 2 amide bonds. The summed E-state index contributed by atoms with van der Waals surface area (Å²) in [5.41, 5.74) is 0.677. The molecule has 6 nitrogen and oxygen atoms in total. The van der Waals surface area contributed by atoms with E-state index in [9.17, 15) is 9.59 Å². The minimum Gasteiger partial charge on any atom is -0.459 e. The van der Waals surface area contributed by atoms with Gasteiger partial charge < -0.3 is 14.6 Å². The zero-order chi connectivity index (χ0) is 17.8. The van der Waals surface area contributed by atoms with Gasteiger partial charge >= 0.3 is 0 Å². The van der Waals surface area contributed by atoms with Crippen molar-refractivity contribution in [1.29, 1.82) is 0 Å². The molecular weight excluding hydrogens is 342 g/mol. The Labute approximate surface area is 151 Å². The third-order valence-electron chi connectivity index (χ3n) is 4.35. The highest BCUT2D eigenvalue weighted by molar-refractivity contribution is 6.30. The molecular formula is C18H20ClN3O3. The van der Waals surface area contributed by atoms with Gasteiger partial charge in [-0.05, 0) is 37.3 Å². The Morgan fingerprint density at radius 1 is 1.16 bits per heavy atom. The molecule has 1 fully saturated rings. The van der Waals surface area contributed by atoms with Crippen molar-refractivity contribution in [1.82, 2.24) is 9.80 Å². The normalized spacial score (nSPS) is 16.5. The third-order valence-corrected chi connectivity index (χ3v) is 4.59. The lowest BCUT2D eigenvalue weighted by atomic mass is 10.2. The molecule has 0 bridgehead atoms. The quantitative estimate of drug-likeness (QED) is 0.909. The highest BCUT2D eigenvalue weighted by Crippen LogP contribution is 2.16. The van der Waals surface area contributed by atoms with Gasteiger partial charge in [0.25, 0.3) is 5.91 Å². The molecule has 25 heavy (non-hydrogen) atoms. The van der Waals surface area contributed by atoms with Crippen LogP contribution in [0.2, 0.25) is 5.02 Å². The van der Waals surface area contributed by atoms with Gasteiger partial charge in [-0.2, -0.15) is 0 Å². The Morgan fingerprint density at radius 2 is 1.92 bits per heavy atom. The van der Waals surface area contributed by atoms with Crippen LogP contribution in [0.25, 0.3) is 0 Å². The third kappa shape index (κ3) is 4.21. The van der Waals surface area contributed by atoms with E-state index >= 15 is 0 Å². The van der Waals surface area contributed by atoms with E-state index in [4.69, 9.17) is 16.0 Å². The van der Waals surface area contributed by atoms with Crippen molar-refractivity contribution in [3.63, 3.8) is 0 Å². The maximum absolute atomic E-state index is 12.4. The van der Waals surface area contributed by atoms with Crippen LogP contribution in [0.3, 0.4) is 0 Å². The summed E-state index contributed by atoms with van der Waals surface area (Å²) in [6.07, 6.45) is 1.49. The molecule has 1 aromatic heterocycles. The smallest absolute Gasteiger partial charge is 0.289 e. The van der Waals surface area contributed by atoms with Crippen molar-refractivity contribution in [2.24, 2.45) is 0 Å². The molecule has 7 heteroatoms. The highest BCUT2D eigenvalue weighted by atomic mass is 35.5. The molecule has 0 radical (unpaired) electrons. The minimum absolute atomic E-state index is 0.0897. The molecule has 2 heterocycles. The van der Waals surface area contributed by atoms with Crippen LogP contribution in [-0.4, -0.2) is 53.8 Å². The van der Waals surface area contributed by atoms with E-state index in [0.29, 0.717) is 42.6 Å². The molecule has 1 aliphatic heterocycles. The topological polar surface area (TPSA) is 65.8 Å². The molecule has 3 rings (SSSR count). The summed E-state index contributed by atoms with van der Waals surface area (Å²) in [5.74, 6) is 0.147. The van der Waals surface area contributed by atoms with Gasteiger partial charge in [-0.1, -0.05) is 17.7 Å². The van der Waals surface area contributed by atoms with Crippen molar-refractivity contribution in [2.75, 3.05) is 31.5 Å². The lowest BCUT2D eigenvalue weighted by Gasteiger charge is -2.37. The van der Waals surface area contributed by atoms with Gasteiger partial charge in [-0.3, -0.25) is 14.5 Å². The molecule has 1 aliphatic rings. The number of halogens is 1. The van der Waals surface area contributed by atoms with Gasteiger partial charge in [-0.25, -0.2) is 0 Å². The molecule has 0 aliphatic carbocycles. The van der Waals surface area contributed by atoms with Crippen molar-refractivity contribution in [3.8, 4) is 0 Å². The van der Waals surface area contributed by atoms with Crippen molar-refractivity contribution >= 4 is 29.1 Å². The summed E-state index contributed by atoms with van der Waals surface area (Å²) in [7, 11) is 0. The van der Waals surface area contributed by atoms with Gasteiger partial charge in [0, 0.05) is 36.9 Å². The largest absolute Gasteiger partial charge is 0.459 e. The molecule has 0 saturated carbocycles. The summed E-state index contributed by atoms with van der Waals surface area (Å²) >= 11 is 5.94. The molecule has 1 atom stereocenters. The first-order chi connectivity index (χ1) is 12.0. The van der Waals surface area contributed by atoms with Gasteiger partial charge in [0.1, 0.15) is 0 Å². The minimum atomic E-state index is -0.292. The molecule has 1 aromatic carbocycles. The Kier molecular flexibility index (Phi) is 5.40. The Hall–Kier alpha value is -2.31. The first-order valence-electron chi connectivity index (χ1n) is 8.18. The number of hydrogen-bond acceptors (Lipinski definition) is 4. The number of anilines is 1. The van der Waals surface area contributed by atoms with Crippen LogP contribution < -0.4 is 5.32 Å². The first kappa shape index (κ1) is 17.5. The van der Waals surface area contributed by atoms with Gasteiger partial charge in [0.2, 0.25) is 5.91 Å². The highest BCUT2D eigenvalue weighted by Gasteiger charge is 2.28. The number of amides is 2. The van der Waals surface area contributed by atoms with E-state index in [1.54, 1.807) is 41.3 Å². The summed E-state index contributed by atoms with van der Waals surface area (Å²) in [6.45, 7) is 4.26. The maximum Gasteiger partial charge on any atom is 0.289 e. The van der Waals surface area contributed by atoms with Crippen LogP contribution in [0.5, 0.6) is 0 Å². The summed E-state index contributed by atoms with van der Waals surface area (Å²) in [5, 5.41) is 3.45. The van der Waals surface area contributed by atoms with E-state index in [1.165, 1.54) is 6.26 Å². The fourth-order valence-electron chi connectivity index (χ4n) is 2.85. The lowest BCUT2D eigenvalue weighted by Crippen LogP contribution is -2.54. The molecule has 0 spiro atoms. The SMILES string of the molecule is C[C@@H](C(=O)Nc1cccc(Cl)c1)N1CCN(C(=O)c2ccco2)CC1. The summed E-state index contributed by atoms with van der Waals surface area (Å²) < 4.78 is 5.16. The molecule has 132 valence electrons.